The van der Waals surface area contributed by atoms with E-state index in [9.17, 15) is 13.2 Å². The standard InChI is InChI=1S/C27H37N3O3S/c1-19(2)26-14-23(15-27(31)30(5)18-22-7-6-12-28-16-22)21(4)13-24(26)17-29-34(32,33)25-10-8-20(3)9-11-25/h6-13,16,19,23-24,26,29H,14-15,17-18H2,1-5H3. The summed E-state index contributed by atoms with van der Waals surface area (Å²) in [6, 6.07) is 10.8. The molecule has 0 saturated carbocycles. The van der Waals surface area contributed by atoms with Crippen molar-refractivity contribution in [3.8, 4) is 0 Å². The molecule has 6 nitrogen and oxygen atoms in total. The molecule has 3 atom stereocenters. The second-order valence-electron chi connectivity index (χ2n) is 9.90. The molecule has 34 heavy (non-hydrogen) atoms. The van der Waals surface area contributed by atoms with Gasteiger partial charge in [-0.25, -0.2) is 13.1 Å². The van der Waals surface area contributed by atoms with Crippen LogP contribution in [0.1, 0.15) is 44.7 Å². The van der Waals surface area contributed by atoms with Gasteiger partial charge in [0.05, 0.1) is 4.90 Å². The molecule has 0 bridgehead atoms. The molecule has 1 amide bonds. The molecule has 3 rings (SSSR count). The van der Waals surface area contributed by atoms with Crippen LogP contribution >= 0.6 is 0 Å². The summed E-state index contributed by atoms with van der Waals surface area (Å²) < 4.78 is 28.4. The van der Waals surface area contributed by atoms with E-state index in [1.165, 1.54) is 5.57 Å². The Balaban J connectivity index is 1.66. The van der Waals surface area contributed by atoms with E-state index in [1.807, 2.05) is 38.2 Å². The summed E-state index contributed by atoms with van der Waals surface area (Å²) >= 11 is 0. The van der Waals surface area contributed by atoms with Crippen LogP contribution in [0.3, 0.4) is 0 Å². The lowest BCUT2D eigenvalue weighted by atomic mass is 9.70. The van der Waals surface area contributed by atoms with E-state index in [0.29, 0.717) is 31.3 Å². The predicted molar refractivity (Wildman–Crippen MR) is 135 cm³/mol. The van der Waals surface area contributed by atoms with E-state index >= 15 is 0 Å². The van der Waals surface area contributed by atoms with Crippen LogP contribution in [0.5, 0.6) is 0 Å². The zero-order chi connectivity index (χ0) is 24.9. The molecule has 1 aromatic carbocycles. The third-order valence-corrected chi connectivity index (χ3v) is 8.35. The molecule has 2 aromatic rings. The van der Waals surface area contributed by atoms with E-state index < -0.39 is 10.0 Å². The number of amides is 1. The van der Waals surface area contributed by atoms with Gasteiger partial charge in [0.25, 0.3) is 0 Å². The highest BCUT2D eigenvalue weighted by molar-refractivity contribution is 7.89. The molecule has 0 spiro atoms. The third-order valence-electron chi connectivity index (χ3n) is 6.91. The number of pyridine rings is 1. The van der Waals surface area contributed by atoms with Crippen LogP contribution in [-0.2, 0) is 21.4 Å². The number of sulfonamides is 1. The molecule has 1 aliphatic rings. The monoisotopic (exact) mass is 483 g/mol. The first-order valence-electron chi connectivity index (χ1n) is 11.9. The molecule has 184 valence electrons. The number of nitrogens with one attached hydrogen (secondary N) is 1. The molecule has 0 saturated heterocycles. The highest BCUT2D eigenvalue weighted by Gasteiger charge is 2.33. The van der Waals surface area contributed by atoms with Gasteiger partial charge in [0.2, 0.25) is 15.9 Å². The van der Waals surface area contributed by atoms with Gasteiger partial charge in [0.1, 0.15) is 0 Å². The topological polar surface area (TPSA) is 79.4 Å². The number of aryl methyl sites for hydroxylation is 1. The Labute approximate surface area is 204 Å². The second-order valence-corrected chi connectivity index (χ2v) is 11.7. The minimum atomic E-state index is -3.56. The van der Waals surface area contributed by atoms with Crippen LogP contribution in [0.4, 0.5) is 0 Å². The Morgan fingerprint density at radius 3 is 2.50 bits per heavy atom. The van der Waals surface area contributed by atoms with Crippen molar-refractivity contribution in [1.29, 1.82) is 0 Å². The number of rotatable bonds is 9. The van der Waals surface area contributed by atoms with Crippen molar-refractivity contribution in [2.45, 2.75) is 52.0 Å². The summed E-state index contributed by atoms with van der Waals surface area (Å²) in [7, 11) is -1.73. The molecule has 3 unspecified atom stereocenters. The minimum Gasteiger partial charge on any atom is -0.341 e. The number of carbonyl (C=O) groups is 1. The summed E-state index contributed by atoms with van der Waals surface area (Å²) in [5, 5.41) is 0. The van der Waals surface area contributed by atoms with Crippen LogP contribution in [0.2, 0.25) is 0 Å². The third kappa shape index (κ3) is 6.76. The van der Waals surface area contributed by atoms with E-state index in [-0.39, 0.29) is 22.6 Å². The Morgan fingerprint density at radius 1 is 1.18 bits per heavy atom. The summed E-state index contributed by atoms with van der Waals surface area (Å²) in [6.07, 6.45) is 7.04. The highest BCUT2D eigenvalue weighted by Crippen LogP contribution is 2.39. The Kier molecular flexibility index (Phi) is 8.66. The van der Waals surface area contributed by atoms with E-state index in [1.54, 1.807) is 29.4 Å². The van der Waals surface area contributed by atoms with Crippen molar-refractivity contribution in [2.24, 2.45) is 23.7 Å². The van der Waals surface area contributed by atoms with Crippen LogP contribution in [0, 0.1) is 30.6 Å². The van der Waals surface area contributed by atoms with Crippen LogP contribution in [0.15, 0.2) is 65.3 Å². The number of carbonyl (C=O) groups excluding carboxylic acids is 1. The lowest BCUT2D eigenvalue weighted by Crippen LogP contribution is -2.38. The first-order chi connectivity index (χ1) is 16.1. The van der Waals surface area contributed by atoms with E-state index in [4.69, 9.17) is 0 Å². The fourth-order valence-corrected chi connectivity index (χ4v) is 5.81. The summed E-state index contributed by atoms with van der Waals surface area (Å²) in [5.41, 5.74) is 3.20. The van der Waals surface area contributed by atoms with Gasteiger partial charge in [0.15, 0.2) is 0 Å². The van der Waals surface area contributed by atoms with Crippen molar-refractivity contribution < 1.29 is 13.2 Å². The number of hydrogen-bond donors (Lipinski definition) is 1. The maximum Gasteiger partial charge on any atom is 0.240 e. The summed E-state index contributed by atoms with van der Waals surface area (Å²) in [5.74, 6) is 1.05. The molecule has 0 fully saturated rings. The molecule has 1 aromatic heterocycles. The Hall–Kier alpha value is -2.51. The molecule has 1 N–H and O–H groups in total. The first-order valence-corrected chi connectivity index (χ1v) is 13.4. The minimum absolute atomic E-state index is 0.0969. The van der Waals surface area contributed by atoms with Crippen LogP contribution in [0.25, 0.3) is 0 Å². The molecule has 0 aliphatic heterocycles. The molecule has 0 radical (unpaired) electrons. The fourth-order valence-electron chi connectivity index (χ4n) is 4.73. The van der Waals surface area contributed by atoms with Crippen molar-refractivity contribution in [1.82, 2.24) is 14.6 Å². The lowest BCUT2D eigenvalue weighted by Gasteiger charge is -2.37. The zero-order valence-electron chi connectivity index (χ0n) is 20.9. The van der Waals surface area contributed by atoms with Gasteiger partial charge in [-0.15, -0.1) is 0 Å². The smallest absolute Gasteiger partial charge is 0.240 e. The molecule has 1 heterocycles. The van der Waals surface area contributed by atoms with E-state index in [0.717, 1.165) is 17.5 Å². The van der Waals surface area contributed by atoms with Gasteiger partial charge in [-0.2, -0.15) is 0 Å². The van der Waals surface area contributed by atoms with Crippen molar-refractivity contribution >= 4 is 15.9 Å². The van der Waals surface area contributed by atoms with Crippen molar-refractivity contribution in [2.75, 3.05) is 13.6 Å². The Bertz CT molecular complexity index is 1100. The fraction of sp³-hybridized carbons (Fsp3) is 0.481. The molecular formula is C27H37N3O3S. The Morgan fingerprint density at radius 2 is 1.88 bits per heavy atom. The van der Waals surface area contributed by atoms with Gasteiger partial charge in [-0.3, -0.25) is 9.78 Å². The van der Waals surface area contributed by atoms with Gasteiger partial charge < -0.3 is 4.90 Å². The van der Waals surface area contributed by atoms with Crippen LogP contribution in [-0.4, -0.2) is 37.8 Å². The zero-order valence-corrected chi connectivity index (χ0v) is 21.7. The van der Waals surface area contributed by atoms with Crippen LogP contribution < -0.4 is 4.72 Å². The van der Waals surface area contributed by atoms with Crippen molar-refractivity contribution in [3.63, 3.8) is 0 Å². The maximum absolute atomic E-state index is 12.9. The first kappa shape index (κ1) is 26.1. The number of aromatic nitrogens is 1. The lowest BCUT2D eigenvalue weighted by molar-refractivity contribution is -0.131. The largest absolute Gasteiger partial charge is 0.341 e. The molecular weight excluding hydrogens is 446 g/mol. The highest BCUT2D eigenvalue weighted by atomic mass is 32.2. The average molecular weight is 484 g/mol. The number of hydrogen-bond acceptors (Lipinski definition) is 4. The number of nitrogens with zero attached hydrogens (tertiary/aromatic N) is 2. The SMILES string of the molecule is CC1=CC(CNS(=O)(=O)c2ccc(C)cc2)C(C(C)C)CC1CC(=O)N(C)Cc1cccnc1. The summed E-state index contributed by atoms with van der Waals surface area (Å²) in [6.45, 7) is 9.25. The average Bonchev–Trinajstić information content (AvgIpc) is 2.79. The number of allylic oxidation sites excluding steroid dienone is 1. The molecule has 1 aliphatic carbocycles. The maximum atomic E-state index is 12.9. The van der Waals surface area contributed by atoms with Crippen molar-refractivity contribution in [3.05, 3.63) is 71.6 Å². The normalized spacial score (nSPS) is 20.8. The van der Waals surface area contributed by atoms with Gasteiger partial charge in [-0.05, 0) is 67.7 Å². The van der Waals surface area contributed by atoms with Gasteiger partial charge in [0, 0.05) is 39.0 Å². The second kappa shape index (κ2) is 11.3. The molecule has 7 heteroatoms. The van der Waals surface area contributed by atoms with E-state index in [2.05, 4.69) is 36.6 Å². The summed E-state index contributed by atoms with van der Waals surface area (Å²) in [4.78, 5) is 19.1. The van der Waals surface area contributed by atoms with Gasteiger partial charge >= 0.3 is 0 Å². The quantitative estimate of drug-likeness (QED) is 0.530. The van der Waals surface area contributed by atoms with Gasteiger partial charge in [-0.1, -0.05) is 49.3 Å². The predicted octanol–water partition coefficient (Wildman–Crippen LogP) is 4.57. The number of benzene rings is 1.